The highest BCUT2D eigenvalue weighted by Gasteiger charge is 2.31. The molecule has 0 fully saturated rings. The lowest BCUT2D eigenvalue weighted by Gasteiger charge is -2.12. The molecule has 1 heterocycles. The molecule has 0 spiro atoms. The summed E-state index contributed by atoms with van der Waals surface area (Å²) in [7, 11) is 1.12. The molecule has 0 unspecified atom stereocenters. The van der Waals surface area contributed by atoms with Gasteiger partial charge in [-0.3, -0.25) is 0 Å². The summed E-state index contributed by atoms with van der Waals surface area (Å²) in [5.74, 6) is -1.37. The second-order valence-electron chi connectivity index (χ2n) is 4.41. The van der Waals surface area contributed by atoms with Crippen molar-refractivity contribution >= 4 is 23.6 Å². The van der Waals surface area contributed by atoms with Gasteiger partial charge < -0.3 is 9.47 Å². The molecule has 0 atom stereocenters. The van der Waals surface area contributed by atoms with Gasteiger partial charge in [-0.05, 0) is 18.2 Å². The third-order valence-corrected chi connectivity index (χ3v) is 3.18. The van der Waals surface area contributed by atoms with E-state index in [1.165, 1.54) is 12.1 Å². The first-order chi connectivity index (χ1) is 11.3. The molecule has 0 amide bonds. The maximum absolute atomic E-state index is 12.8. The number of carbonyl (C=O) groups excluding carboxylic acids is 1. The van der Waals surface area contributed by atoms with E-state index in [1.807, 2.05) is 0 Å². The fourth-order valence-electron chi connectivity index (χ4n) is 1.82. The minimum Gasteiger partial charge on any atom is -0.465 e. The van der Waals surface area contributed by atoms with Crippen LogP contribution in [0.2, 0.25) is 5.15 Å². The highest BCUT2D eigenvalue weighted by atomic mass is 35.5. The van der Waals surface area contributed by atoms with Gasteiger partial charge in [-0.15, -0.1) is 10.2 Å². The number of hydrogen-bond donors (Lipinski definition) is 0. The normalized spacial score (nSPS) is 11.0. The van der Waals surface area contributed by atoms with Gasteiger partial charge in [0, 0.05) is 5.56 Å². The molecule has 0 saturated carbocycles. The van der Waals surface area contributed by atoms with Crippen LogP contribution >= 0.6 is 11.6 Å². The van der Waals surface area contributed by atoms with E-state index in [-0.39, 0.29) is 27.9 Å². The Balaban J connectivity index is 2.51. The highest BCUT2D eigenvalue weighted by Crippen LogP contribution is 2.34. The zero-order valence-electron chi connectivity index (χ0n) is 12.2. The number of aromatic nitrogens is 2. The zero-order valence-corrected chi connectivity index (χ0v) is 13.0. The molecule has 0 aliphatic carbocycles. The molecule has 0 N–H and O–H groups in total. The van der Waals surface area contributed by atoms with Crippen molar-refractivity contribution in [1.29, 1.82) is 0 Å². The third-order valence-electron chi connectivity index (χ3n) is 2.90. The monoisotopic (exact) mass is 358 g/mol. The van der Waals surface area contributed by atoms with Crippen LogP contribution in [0.3, 0.4) is 0 Å². The Hall–Kier alpha value is -2.61. The van der Waals surface area contributed by atoms with E-state index in [1.54, 1.807) is 0 Å². The van der Waals surface area contributed by atoms with Crippen LogP contribution in [-0.2, 0) is 10.9 Å². The van der Waals surface area contributed by atoms with Gasteiger partial charge in [-0.1, -0.05) is 30.3 Å². The van der Waals surface area contributed by atoms with Crippen molar-refractivity contribution in [2.75, 3.05) is 7.11 Å². The number of alkyl halides is 3. The van der Waals surface area contributed by atoms with E-state index >= 15 is 0 Å². The van der Waals surface area contributed by atoms with E-state index in [9.17, 15) is 18.0 Å². The summed E-state index contributed by atoms with van der Waals surface area (Å²) in [6.45, 7) is 3.50. The van der Waals surface area contributed by atoms with Gasteiger partial charge in [0.15, 0.2) is 5.15 Å². The number of methoxy groups -OCH3 is 1. The summed E-state index contributed by atoms with van der Waals surface area (Å²) in [4.78, 5) is 11.9. The van der Waals surface area contributed by atoms with Gasteiger partial charge in [0.05, 0.1) is 12.7 Å². The summed E-state index contributed by atoms with van der Waals surface area (Å²) < 4.78 is 48.2. The fourth-order valence-corrected chi connectivity index (χ4v) is 2.03. The van der Waals surface area contributed by atoms with E-state index in [0.717, 1.165) is 25.3 Å². The van der Waals surface area contributed by atoms with Crippen molar-refractivity contribution in [1.82, 2.24) is 10.2 Å². The maximum atomic E-state index is 12.8. The molecule has 2 rings (SSSR count). The molecule has 0 aliphatic rings. The molecule has 0 aliphatic heterocycles. The van der Waals surface area contributed by atoms with Crippen LogP contribution in [0, 0.1) is 0 Å². The number of benzene rings is 1. The Morgan fingerprint density at radius 1 is 1.33 bits per heavy atom. The number of hydrogen-bond acceptors (Lipinski definition) is 5. The second-order valence-corrected chi connectivity index (χ2v) is 4.77. The van der Waals surface area contributed by atoms with Crippen LogP contribution in [0.1, 0.15) is 21.5 Å². The van der Waals surface area contributed by atoms with E-state index in [4.69, 9.17) is 16.3 Å². The Labute approximate surface area is 139 Å². The largest absolute Gasteiger partial charge is 0.465 e. The van der Waals surface area contributed by atoms with Crippen LogP contribution in [0.4, 0.5) is 13.2 Å². The Morgan fingerprint density at radius 3 is 2.62 bits per heavy atom. The number of esters is 1. The molecule has 9 heteroatoms. The van der Waals surface area contributed by atoms with E-state index < -0.39 is 17.7 Å². The van der Waals surface area contributed by atoms with Crippen LogP contribution in [-0.4, -0.2) is 23.3 Å². The van der Waals surface area contributed by atoms with Crippen LogP contribution in [0.5, 0.6) is 11.6 Å². The molecule has 2 aromatic rings. The van der Waals surface area contributed by atoms with Crippen molar-refractivity contribution in [3.8, 4) is 11.6 Å². The van der Waals surface area contributed by atoms with Crippen molar-refractivity contribution in [2.45, 2.75) is 6.18 Å². The van der Waals surface area contributed by atoms with Crippen molar-refractivity contribution in [3.63, 3.8) is 0 Å². The van der Waals surface area contributed by atoms with Gasteiger partial charge in [0.2, 0.25) is 0 Å². The van der Waals surface area contributed by atoms with E-state index in [2.05, 4.69) is 21.5 Å². The topological polar surface area (TPSA) is 61.3 Å². The molecule has 0 saturated heterocycles. The summed E-state index contributed by atoms with van der Waals surface area (Å²) in [5.41, 5.74) is -1.00. The lowest BCUT2D eigenvalue weighted by atomic mass is 10.1. The number of ether oxygens (including phenoxy) is 2. The van der Waals surface area contributed by atoms with Crippen molar-refractivity contribution in [2.24, 2.45) is 0 Å². The number of carbonyl (C=O) groups is 1. The second kappa shape index (κ2) is 6.88. The first-order valence-electron chi connectivity index (χ1n) is 6.40. The number of nitrogens with zero attached hydrogens (tertiary/aromatic N) is 2. The van der Waals surface area contributed by atoms with Gasteiger partial charge in [-0.2, -0.15) is 13.2 Å². The Kier molecular flexibility index (Phi) is 5.08. The predicted octanol–water partition coefficient (Wildman–Crippen LogP) is 4.37. The highest BCUT2D eigenvalue weighted by molar-refractivity contribution is 6.31. The number of halogens is 4. The average molecular weight is 359 g/mol. The first-order valence-corrected chi connectivity index (χ1v) is 6.77. The summed E-state index contributed by atoms with van der Waals surface area (Å²) in [6, 6.07) is 4.09. The Bertz CT molecular complexity index is 794. The van der Waals surface area contributed by atoms with Crippen LogP contribution < -0.4 is 4.74 Å². The lowest BCUT2D eigenvalue weighted by Crippen LogP contribution is -2.10. The minimum atomic E-state index is -4.54. The van der Waals surface area contributed by atoms with Crippen molar-refractivity contribution in [3.05, 3.63) is 52.7 Å². The quantitative estimate of drug-likeness (QED) is 0.759. The lowest BCUT2D eigenvalue weighted by molar-refractivity contribution is -0.137. The minimum absolute atomic E-state index is 0.0977. The molecular formula is C15H10ClF3N2O3. The van der Waals surface area contributed by atoms with Crippen LogP contribution in [0.15, 0.2) is 30.8 Å². The third kappa shape index (κ3) is 3.65. The predicted molar refractivity (Wildman–Crippen MR) is 80.0 cm³/mol. The summed E-state index contributed by atoms with van der Waals surface area (Å²) >= 11 is 5.83. The molecule has 126 valence electrons. The van der Waals surface area contributed by atoms with Crippen molar-refractivity contribution < 1.29 is 27.4 Å². The maximum Gasteiger partial charge on any atom is 0.416 e. The molecule has 1 aromatic carbocycles. The fraction of sp³-hybridized carbons (Fsp3) is 0.133. The van der Waals surface area contributed by atoms with Gasteiger partial charge in [-0.25, -0.2) is 4.79 Å². The molecule has 0 bridgehead atoms. The zero-order chi connectivity index (χ0) is 17.9. The number of rotatable bonds is 4. The Morgan fingerprint density at radius 2 is 2.04 bits per heavy atom. The molecule has 5 nitrogen and oxygen atoms in total. The van der Waals surface area contributed by atoms with Gasteiger partial charge in [0.1, 0.15) is 11.3 Å². The standard InChI is InChI=1S/C15H10ClF3N2O3/c1-3-10-11(14(22)23-2)13(21-20-12(10)16)24-9-6-4-5-8(7-9)15(17,18)19/h3-7H,1H2,2H3. The van der Waals surface area contributed by atoms with Crippen LogP contribution in [0.25, 0.3) is 6.08 Å². The van der Waals surface area contributed by atoms with Gasteiger partial charge in [0.25, 0.3) is 5.88 Å². The molecular weight excluding hydrogens is 349 g/mol. The molecule has 1 aromatic heterocycles. The summed E-state index contributed by atoms with van der Waals surface area (Å²) in [5, 5.41) is 7.07. The van der Waals surface area contributed by atoms with Gasteiger partial charge >= 0.3 is 12.1 Å². The smallest absolute Gasteiger partial charge is 0.416 e. The molecule has 24 heavy (non-hydrogen) atoms. The van der Waals surface area contributed by atoms with E-state index in [0.29, 0.717) is 0 Å². The summed E-state index contributed by atoms with van der Waals surface area (Å²) in [6.07, 6.45) is -3.30. The SMILES string of the molecule is C=Cc1c(Cl)nnc(Oc2cccc(C(F)(F)F)c2)c1C(=O)OC. The average Bonchev–Trinajstić information content (AvgIpc) is 2.55. The molecule has 0 radical (unpaired) electrons. The first kappa shape index (κ1) is 17.7.